The van der Waals surface area contributed by atoms with Crippen LogP contribution in [0.5, 0.6) is 5.75 Å². The molecule has 0 aromatic heterocycles. The molecule has 0 aliphatic carbocycles. The summed E-state index contributed by atoms with van der Waals surface area (Å²) in [6.45, 7) is 0.578. The van der Waals surface area contributed by atoms with E-state index in [1.807, 2.05) is 85.0 Å². The highest BCUT2D eigenvalue weighted by atomic mass is 16.5. The van der Waals surface area contributed by atoms with Crippen molar-refractivity contribution >= 4 is 6.08 Å². The number of benzene rings is 1. The summed E-state index contributed by atoms with van der Waals surface area (Å²) < 4.78 is 5.72. The van der Waals surface area contributed by atoms with E-state index >= 15 is 0 Å². The zero-order valence-corrected chi connectivity index (χ0v) is 10.2. The molecule has 18 heavy (non-hydrogen) atoms. The molecule has 1 heterocycles. The van der Waals surface area contributed by atoms with Crippen molar-refractivity contribution in [2.45, 2.75) is 0 Å². The van der Waals surface area contributed by atoms with E-state index < -0.39 is 0 Å². The Bertz CT molecular complexity index is 516. The van der Waals surface area contributed by atoms with Crippen LogP contribution in [0.15, 0.2) is 78.9 Å². The first-order chi connectivity index (χ1) is 8.97. The maximum Gasteiger partial charge on any atom is 0.126 e. The molecule has 90 valence electrons. The quantitative estimate of drug-likeness (QED) is 0.652. The van der Waals surface area contributed by atoms with Crippen LogP contribution in [0.3, 0.4) is 0 Å². The van der Waals surface area contributed by atoms with E-state index in [2.05, 4.69) is 0 Å². The second-order valence-electron chi connectivity index (χ2n) is 3.79. The highest BCUT2D eigenvalue weighted by Gasteiger charge is 1.97. The Morgan fingerprint density at radius 1 is 0.722 bits per heavy atom. The standard InChI is InChI=1S/C17H16O/c1-2-4-6-8-12-16-13-9-10-14-17(16)18-15-11-7-5-3-1/h1-14H,15H2. The van der Waals surface area contributed by atoms with Gasteiger partial charge in [0.05, 0.1) is 0 Å². The molecule has 1 heteroatoms. The van der Waals surface area contributed by atoms with Gasteiger partial charge in [0.25, 0.3) is 0 Å². The van der Waals surface area contributed by atoms with Crippen LogP contribution in [-0.4, -0.2) is 6.61 Å². The smallest absolute Gasteiger partial charge is 0.126 e. The Labute approximate surface area is 108 Å². The van der Waals surface area contributed by atoms with Gasteiger partial charge in [0.15, 0.2) is 0 Å². The molecule has 0 saturated carbocycles. The fourth-order valence-corrected chi connectivity index (χ4v) is 1.57. The molecule has 0 radical (unpaired) electrons. The van der Waals surface area contributed by atoms with Gasteiger partial charge in [-0.05, 0) is 12.1 Å². The Hall–Kier alpha value is -2.28. The normalized spacial score (nSPS) is 14.9. The molecule has 0 amide bonds. The van der Waals surface area contributed by atoms with Gasteiger partial charge in [0, 0.05) is 5.56 Å². The summed E-state index contributed by atoms with van der Waals surface area (Å²) in [7, 11) is 0. The molecule has 0 spiro atoms. The number of ether oxygens (including phenoxy) is 1. The Morgan fingerprint density at radius 2 is 1.39 bits per heavy atom. The predicted molar refractivity (Wildman–Crippen MR) is 77.5 cm³/mol. The molecule has 0 saturated heterocycles. The molecular formula is C17H16O. The fraction of sp³-hybridized carbons (Fsp3) is 0.0588. The van der Waals surface area contributed by atoms with Crippen LogP contribution in [0.1, 0.15) is 5.56 Å². The predicted octanol–water partition coefficient (Wildman–Crippen LogP) is 4.32. The molecular weight excluding hydrogens is 220 g/mol. The van der Waals surface area contributed by atoms with Crippen molar-refractivity contribution in [3.8, 4) is 5.75 Å². The first-order valence-electron chi connectivity index (χ1n) is 6.02. The van der Waals surface area contributed by atoms with Crippen molar-refractivity contribution in [1.29, 1.82) is 0 Å². The summed E-state index contributed by atoms with van der Waals surface area (Å²) in [5.74, 6) is 0.906. The fourth-order valence-electron chi connectivity index (χ4n) is 1.57. The first kappa shape index (κ1) is 12.2. The van der Waals surface area contributed by atoms with Crippen LogP contribution in [0.25, 0.3) is 6.08 Å². The lowest BCUT2D eigenvalue weighted by Crippen LogP contribution is -1.94. The molecule has 0 unspecified atom stereocenters. The first-order valence-corrected chi connectivity index (χ1v) is 6.02. The summed E-state index contributed by atoms with van der Waals surface area (Å²) >= 11 is 0. The number of para-hydroxylation sites is 1. The molecule has 1 aliphatic rings. The third-order valence-electron chi connectivity index (χ3n) is 2.44. The van der Waals surface area contributed by atoms with Crippen molar-refractivity contribution in [2.75, 3.05) is 6.61 Å². The average Bonchev–Trinajstić information content (AvgIpc) is 2.41. The zero-order chi connectivity index (χ0) is 12.5. The number of hydrogen-bond acceptors (Lipinski definition) is 1. The van der Waals surface area contributed by atoms with E-state index in [0.29, 0.717) is 6.61 Å². The van der Waals surface area contributed by atoms with Gasteiger partial charge in [0.1, 0.15) is 12.4 Å². The summed E-state index contributed by atoms with van der Waals surface area (Å²) in [4.78, 5) is 0. The third-order valence-corrected chi connectivity index (χ3v) is 2.44. The topological polar surface area (TPSA) is 9.23 Å². The van der Waals surface area contributed by atoms with Crippen molar-refractivity contribution < 1.29 is 4.74 Å². The minimum absolute atomic E-state index is 0.578. The van der Waals surface area contributed by atoms with E-state index in [1.54, 1.807) is 0 Å². The van der Waals surface area contributed by atoms with Gasteiger partial charge >= 0.3 is 0 Å². The molecule has 1 aromatic carbocycles. The van der Waals surface area contributed by atoms with Crippen LogP contribution in [-0.2, 0) is 0 Å². The van der Waals surface area contributed by atoms with Gasteiger partial charge in [-0.3, -0.25) is 0 Å². The number of hydrogen-bond donors (Lipinski definition) is 0. The molecule has 1 aliphatic heterocycles. The molecule has 1 aromatic rings. The minimum atomic E-state index is 0.578. The van der Waals surface area contributed by atoms with Gasteiger partial charge in [0.2, 0.25) is 0 Å². The maximum atomic E-state index is 5.72. The van der Waals surface area contributed by atoms with Crippen molar-refractivity contribution in [2.24, 2.45) is 0 Å². The summed E-state index contributed by atoms with van der Waals surface area (Å²) in [6.07, 6.45) is 20.0. The van der Waals surface area contributed by atoms with Crippen LogP contribution >= 0.6 is 0 Å². The van der Waals surface area contributed by atoms with Gasteiger partial charge in [-0.25, -0.2) is 0 Å². The van der Waals surface area contributed by atoms with Gasteiger partial charge < -0.3 is 4.74 Å². The second-order valence-corrected chi connectivity index (χ2v) is 3.79. The van der Waals surface area contributed by atoms with E-state index in [-0.39, 0.29) is 0 Å². The molecule has 2 rings (SSSR count). The monoisotopic (exact) mass is 236 g/mol. The lowest BCUT2D eigenvalue weighted by molar-refractivity contribution is 0.362. The maximum absolute atomic E-state index is 5.72. The third kappa shape index (κ3) is 3.95. The number of fused-ring (bicyclic) bond motifs is 1. The zero-order valence-electron chi connectivity index (χ0n) is 10.2. The van der Waals surface area contributed by atoms with Crippen LogP contribution in [0, 0.1) is 0 Å². The molecule has 0 fully saturated rings. The Morgan fingerprint density at radius 3 is 2.22 bits per heavy atom. The number of allylic oxidation sites excluding steroid dienone is 8. The van der Waals surface area contributed by atoms with Crippen molar-refractivity contribution in [3.05, 3.63) is 84.5 Å². The van der Waals surface area contributed by atoms with Crippen LogP contribution in [0.4, 0.5) is 0 Å². The highest BCUT2D eigenvalue weighted by Crippen LogP contribution is 2.19. The van der Waals surface area contributed by atoms with E-state index in [9.17, 15) is 0 Å². The average molecular weight is 236 g/mol. The minimum Gasteiger partial charge on any atom is -0.489 e. The Kier molecular flexibility index (Phi) is 4.82. The highest BCUT2D eigenvalue weighted by molar-refractivity contribution is 5.58. The van der Waals surface area contributed by atoms with Crippen molar-refractivity contribution in [1.82, 2.24) is 0 Å². The Balaban J connectivity index is 2.23. The SMILES string of the molecule is C1=CC=CC=Cc2ccccc2OCC=CC=C1. The van der Waals surface area contributed by atoms with E-state index in [0.717, 1.165) is 11.3 Å². The number of rotatable bonds is 0. The molecule has 0 atom stereocenters. The summed E-state index contributed by atoms with van der Waals surface area (Å²) in [5, 5.41) is 0. The van der Waals surface area contributed by atoms with E-state index in [1.165, 1.54) is 0 Å². The molecule has 1 nitrogen and oxygen atoms in total. The molecule has 0 bridgehead atoms. The molecule has 0 N–H and O–H groups in total. The largest absolute Gasteiger partial charge is 0.489 e. The van der Waals surface area contributed by atoms with Crippen molar-refractivity contribution in [3.63, 3.8) is 0 Å². The lowest BCUT2D eigenvalue weighted by Gasteiger charge is -2.06. The second kappa shape index (κ2) is 7.13. The summed E-state index contributed by atoms with van der Waals surface area (Å²) in [6, 6.07) is 8.03. The van der Waals surface area contributed by atoms with Gasteiger partial charge in [-0.15, -0.1) is 0 Å². The lowest BCUT2D eigenvalue weighted by atomic mass is 10.2. The van der Waals surface area contributed by atoms with Gasteiger partial charge in [-0.1, -0.05) is 72.9 Å². The van der Waals surface area contributed by atoms with Gasteiger partial charge in [-0.2, -0.15) is 0 Å². The van der Waals surface area contributed by atoms with Crippen LogP contribution in [0.2, 0.25) is 0 Å². The van der Waals surface area contributed by atoms with Crippen LogP contribution < -0.4 is 4.74 Å². The van der Waals surface area contributed by atoms with E-state index in [4.69, 9.17) is 4.74 Å². The summed E-state index contributed by atoms with van der Waals surface area (Å²) in [5.41, 5.74) is 1.09.